The van der Waals surface area contributed by atoms with Gasteiger partial charge in [0.25, 0.3) is 0 Å². The van der Waals surface area contributed by atoms with E-state index in [4.69, 9.17) is 0 Å². The third-order valence-electron chi connectivity index (χ3n) is 6.44. The molecule has 26 heavy (non-hydrogen) atoms. The van der Waals surface area contributed by atoms with Gasteiger partial charge in [-0.1, -0.05) is 12.1 Å². The average Bonchev–Trinajstić information content (AvgIpc) is 2.65. The normalized spacial score (nSPS) is 28.2. The Balaban J connectivity index is 1.37. The van der Waals surface area contributed by atoms with Crippen LogP contribution >= 0.6 is 0 Å². The largest absolute Gasteiger partial charge is 0.339 e. The van der Waals surface area contributed by atoms with Gasteiger partial charge in [0.2, 0.25) is 5.91 Å². The minimum Gasteiger partial charge on any atom is -0.339 e. The summed E-state index contributed by atoms with van der Waals surface area (Å²) in [5, 5.41) is 3.42. The van der Waals surface area contributed by atoms with E-state index in [1.807, 2.05) is 6.07 Å². The van der Waals surface area contributed by atoms with Crippen LogP contribution in [0.25, 0.3) is 0 Å². The lowest BCUT2D eigenvalue weighted by Gasteiger charge is -2.48. The fraction of sp³-hybridized carbons (Fsp3) is 0.667. The molecule has 142 valence electrons. The molecule has 4 rings (SSSR count). The number of carbonyl (C=O) groups is 1. The molecule has 0 spiro atoms. The highest BCUT2D eigenvalue weighted by molar-refractivity contribution is 5.77. The van der Waals surface area contributed by atoms with Gasteiger partial charge in [-0.3, -0.25) is 9.69 Å². The topological polar surface area (TPSA) is 35.6 Å². The molecule has 1 amide bonds. The fourth-order valence-corrected chi connectivity index (χ4v) is 5.04. The van der Waals surface area contributed by atoms with Crippen LogP contribution in [0.4, 0.5) is 4.39 Å². The molecule has 3 fully saturated rings. The number of hydrogen-bond donors (Lipinski definition) is 1. The third kappa shape index (κ3) is 4.09. The minimum atomic E-state index is -0.159. The first-order valence-corrected chi connectivity index (χ1v) is 10.2. The predicted molar refractivity (Wildman–Crippen MR) is 100 cm³/mol. The summed E-state index contributed by atoms with van der Waals surface area (Å²) < 4.78 is 13.4. The Morgan fingerprint density at radius 3 is 2.81 bits per heavy atom. The van der Waals surface area contributed by atoms with Crippen LogP contribution in [0.1, 0.15) is 37.7 Å². The van der Waals surface area contributed by atoms with Gasteiger partial charge in [0.1, 0.15) is 5.82 Å². The molecule has 5 heteroatoms. The number of halogens is 1. The highest BCUT2D eigenvalue weighted by Gasteiger charge is 2.39. The Bertz CT molecular complexity index is 631. The Morgan fingerprint density at radius 2 is 2.00 bits per heavy atom. The van der Waals surface area contributed by atoms with Crippen LogP contribution in [-0.2, 0) is 11.3 Å². The average molecular weight is 359 g/mol. The van der Waals surface area contributed by atoms with Crippen molar-refractivity contribution in [3.05, 3.63) is 35.6 Å². The van der Waals surface area contributed by atoms with Crippen LogP contribution in [0.3, 0.4) is 0 Å². The van der Waals surface area contributed by atoms with E-state index in [2.05, 4.69) is 15.1 Å². The lowest BCUT2D eigenvalue weighted by Crippen LogP contribution is -2.57. The van der Waals surface area contributed by atoms with Gasteiger partial charge in [0, 0.05) is 38.6 Å². The minimum absolute atomic E-state index is 0.159. The van der Waals surface area contributed by atoms with Crippen molar-refractivity contribution >= 4 is 5.91 Å². The Kier molecular flexibility index (Phi) is 5.55. The summed E-state index contributed by atoms with van der Waals surface area (Å²) in [6.45, 7) is 5.95. The maximum atomic E-state index is 13.4. The van der Waals surface area contributed by atoms with Gasteiger partial charge in [-0.15, -0.1) is 0 Å². The summed E-state index contributed by atoms with van der Waals surface area (Å²) in [6.07, 6.45) is 5.13. The lowest BCUT2D eigenvalue weighted by molar-refractivity contribution is -0.142. The second-order valence-electron chi connectivity index (χ2n) is 8.26. The van der Waals surface area contributed by atoms with Crippen LogP contribution in [-0.4, -0.2) is 54.5 Å². The molecule has 0 aromatic heterocycles. The smallest absolute Gasteiger partial charge is 0.222 e. The molecule has 0 aliphatic carbocycles. The molecule has 1 N–H and O–H groups in total. The summed E-state index contributed by atoms with van der Waals surface area (Å²) in [5.74, 6) is 1.43. The van der Waals surface area contributed by atoms with Crippen molar-refractivity contribution in [3.63, 3.8) is 0 Å². The van der Waals surface area contributed by atoms with Gasteiger partial charge in [-0.05, 0) is 68.3 Å². The second-order valence-corrected chi connectivity index (χ2v) is 8.26. The molecular weight excluding hydrogens is 329 g/mol. The quantitative estimate of drug-likeness (QED) is 0.898. The molecule has 1 aromatic carbocycles. The summed E-state index contributed by atoms with van der Waals surface area (Å²) in [5.41, 5.74) is 1.04. The van der Waals surface area contributed by atoms with Crippen LogP contribution < -0.4 is 5.32 Å². The van der Waals surface area contributed by atoms with Crippen LogP contribution in [0.5, 0.6) is 0 Å². The molecule has 0 saturated carbocycles. The van der Waals surface area contributed by atoms with Crippen molar-refractivity contribution in [1.82, 2.24) is 15.1 Å². The first-order chi connectivity index (χ1) is 12.7. The molecule has 4 nitrogen and oxygen atoms in total. The molecule has 3 aliphatic heterocycles. The van der Waals surface area contributed by atoms with Crippen LogP contribution in [0.15, 0.2) is 24.3 Å². The van der Waals surface area contributed by atoms with E-state index in [1.54, 1.807) is 12.1 Å². The number of nitrogens with zero attached hydrogens (tertiary/aromatic N) is 2. The first-order valence-electron chi connectivity index (χ1n) is 10.2. The van der Waals surface area contributed by atoms with Gasteiger partial charge in [-0.2, -0.15) is 0 Å². The number of benzene rings is 1. The Morgan fingerprint density at radius 1 is 1.15 bits per heavy atom. The SMILES string of the molecule is O=C1CCC2CN(Cc3cccc(F)c3)CCC2N1CC1CCNCC1. The van der Waals surface area contributed by atoms with E-state index in [1.165, 1.54) is 18.9 Å². The molecule has 0 bridgehead atoms. The zero-order valence-electron chi connectivity index (χ0n) is 15.5. The Hall–Kier alpha value is -1.46. The monoisotopic (exact) mass is 359 g/mol. The number of carbonyl (C=O) groups excluding carboxylic acids is 1. The predicted octanol–water partition coefficient (Wildman–Crippen LogP) is 2.64. The number of amides is 1. The second kappa shape index (κ2) is 8.05. The molecule has 3 aliphatic rings. The van der Waals surface area contributed by atoms with E-state index < -0.39 is 0 Å². The summed E-state index contributed by atoms with van der Waals surface area (Å²) in [4.78, 5) is 17.3. The maximum absolute atomic E-state index is 13.4. The Labute approximate surface area is 155 Å². The molecular formula is C21H30FN3O. The van der Waals surface area contributed by atoms with Crippen LogP contribution in [0.2, 0.25) is 0 Å². The molecule has 0 radical (unpaired) electrons. The number of hydrogen-bond acceptors (Lipinski definition) is 3. The molecule has 3 heterocycles. The van der Waals surface area contributed by atoms with Gasteiger partial charge < -0.3 is 10.2 Å². The standard InChI is InChI=1S/C21H30FN3O/c22-19-3-1-2-17(12-19)13-24-11-8-20-18(15-24)4-5-21(26)25(20)14-16-6-9-23-10-7-16/h1-3,12,16,18,20,23H,4-11,13-15H2. The van der Waals surface area contributed by atoms with Gasteiger partial charge in [0.05, 0.1) is 0 Å². The third-order valence-corrected chi connectivity index (χ3v) is 6.44. The molecule has 2 unspecified atom stereocenters. The van der Waals surface area contributed by atoms with Crippen molar-refractivity contribution in [2.75, 3.05) is 32.7 Å². The van der Waals surface area contributed by atoms with E-state index in [0.717, 1.165) is 57.7 Å². The maximum Gasteiger partial charge on any atom is 0.222 e. The number of piperidine rings is 3. The number of rotatable bonds is 4. The lowest BCUT2D eigenvalue weighted by atomic mass is 9.82. The fourth-order valence-electron chi connectivity index (χ4n) is 5.04. The number of nitrogens with one attached hydrogen (secondary N) is 1. The summed E-state index contributed by atoms with van der Waals surface area (Å²) in [7, 11) is 0. The van der Waals surface area contributed by atoms with Gasteiger partial charge in [-0.25, -0.2) is 4.39 Å². The van der Waals surface area contributed by atoms with Crippen LogP contribution in [0, 0.1) is 17.7 Å². The van der Waals surface area contributed by atoms with Gasteiger partial charge in [0.15, 0.2) is 0 Å². The van der Waals surface area contributed by atoms with Crippen molar-refractivity contribution in [2.24, 2.45) is 11.8 Å². The number of likely N-dealkylation sites (tertiary alicyclic amines) is 2. The highest BCUT2D eigenvalue weighted by Crippen LogP contribution is 2.33. The van der Waals surface area contributed by atoms with Crippen molar-refractivity contribution in [2.45, 2.75) is 44.7 Å². The summed E-state index contributed by atoms with van der Waals surface area (Å²) >= 11 is 0. The van der Waals surface area contributed by atoms with E-state index in [-0.39, 0.29) is 5.82 Å². The van der Waals surface area contributed by atoms with Crippen molar-refractivity contribution in [3.8, 4) is 0 Å². The van der Waals surface area contributed by atoms with Crippen molar-refractivity contribution in [1.29, 1.82) is 0 Å². The highest BCUT2D eigenvalue weighted by atomic mass is 19.1. The molecule has 1 aromatic rings. The van der Waals surface area contributed by atoms with E-state index in [9.17, 15) is 9.18 Å². The molecule has 2 atom stereocenters. The summed E-state index contributed by atoms with van der Waals surface area (Å²) in [6, 6.07) is 7.34. The zero-order chi connectivity index (χ0) is 17.9. The number of fused-ring (bicyclic) bond motifs is 1. The zero-order valence-corrected chi connectivity index (χ0v) is 15.5. The molecule has 3 saturated heterocycles. The van der Waals surface area contributed by atoms with E-state index >= 15 is 0 Å². The first kappa shape index (κ1) is 17.9. The van der Waals surface area contributed by atoms with Crippen molar-refractivity contribution < 1.29 is 9.18 Å². The van der Waals surface area contributed by atoms with E-state index in [0.29, 0.717) is 30.2 Å². The van der Waals surface area contributed by atoms with Gasteiger partial charge >= 0.3 is 0 Å².